The Kier molecular flexibility index (Phi) is 30.3. The van der Waals surface area contributed by atoms with Gasteiger partial charge in [0.15, 0.2) is 0 Å². The van der Waals surface area contributed by atoms with Gasteiger partial charge in [0.05, 0.1) is 5.75 Å². The summed E-state index contributed by atoms with van der Waals surface area (Å²) in [5.41, 5.74) is 0. The van der Waals surface area contributed by atoms with Gasteiger partial charge >= 0.3 is 51.4 Å². The molecule has 0 rings (SSSR count). The quantitative estimate of drug-likeness (QED) is 0.0650. The van der Waals surface area contributed by atoms with Crippen molar-refractivity contribution < 1.29 is 69.5 Å². The molecule has 0 unspecified atom stereocenters. The van der Waals surface area contributed by atoms with E-state index in [1.165, 1.54) is 109 Å². The number of unbranched alkanes of at least 4 members (excludes halogenated alkanes) is 19. The maximum absolute atomic E-state index is 11.7. The molecule has 7 heteroatoms. The molecule has 0 fully saturated rings. The Morgan fingerprint density at radius 1 is 0.636 bits per heavy atom. The van der Waals surface area contributed by atoms with E-state index in [1.54, 1.807) is 0 Å². The van der Waals surface area contributed by atoms with Crippen LogP contribution >= 0.6 is 0 Å². The van der Waals surface area contributed by atoms with Crippen molar-refractivity contribution in [2.24, 2.45) is 4.99 Å². The fourth-order valence-electron chi connectivity index (χ4n) is 4.03. The molecule has 0 saturated carbocycles. The Morgan fingerprint density at radius 3 is 1.36 bits per heavy atom. The van der Waals surface area contributed by atoms with Crippen LogP contribution in [0.5, 0.6) is 0 Å². The normalized spacial score (nSPS) is 12.1. The second kappa shape index (κ2) is 27.6. The summed E-state index contributed by atoms with van der Waals surface area (Å²) in [5, 5.41) is 11.7. The molecule has 0 atom stereocenters. The van der Waals surface area contributed by atoms with Gasteiger partial charge in [0, 0.05) is 6.54 Å². The van der Waals surface area contributed by atoms with Crippen LogP contribution in [0.25, 0.3) is 0 Å². The van der Waals surface area contributed by atoms with Crippen molar-refractivity contribution >= 4 is 16.0 Å². The van der Waals surface area contributed by atoms with E-state index in [2.05, 4.69) is 11.9 Å². The molecule has 33 heavy (non-hydrogen) atoms. The molecular weight excluding hydrogens is 461 g/mol. The van der Waals surface area contributed by atoms with Gasteiger partial charge in [0.25, 0.3) is 10.1 Å². The number of hydrogen-bond donors (Lipinski definition) is 1. The van der Waals surface area contributed by atoms with Gasteiger partial charge in [-0.05, 0) is 31.6 Å². The van der Waals surface area contributed by atoms with E-state index in [0.717, 1.165) is 12.8 Å². The number of aliphatic imine (C=N–C) groups is 1. The Balaban J connectivity index is 0. The average Bonchev–Trinajstić information content (AvgIpc) is 2.74. The van der Waals surface area contributed by atoms with Crippen molar-refractivity contribution in [2.75, 3.05) is 12.3 Å². The van der Waals surface area contributed by atoms with Crippen LogP contribution in [-0.4, -0.2) is 31.2 Å². The van der Waals surface area contributed by atoms with Crippen molar-refractivity contribution in [3.8, 4) is 0 Å². The Bertz CT molecular complexity index is 526. The van der Waals surface area contributed by atoms with E-state index in [-0.39, 0.29) is 63.0 Å². The predicted octanol–water partition coefficient (Wildman–Crippen LogP) is 4.24. The van der Waals surface area contributed by atoms with Crippen LogP contribution in [0.3, 0.4) is 0 Å². The molecule has 0 amide bonds. The molecule has 0 aliphatic carbocycles. The zero-order chi connectivity index (χ0) is 23.8. The number of nitrogens with zero attached hydrogens (tertiary/aromatic N) is 1. The first-order valence-corrected chi connectivity index (χ1v) is 15.2. The van der Waals surface area contributed by atoms with Crippen molar-refractivity contribution in [2.45, 2.75) is 148 Å². The van der Waals surface area contributed by atoms with Gasteiger partial charge in [-0.2, -0.15) is 8.42 Å². The summed E-state index contributed by atoms with van der Waals surface area (Å²) in [6.07, 6.45) is 26.8. The van der Waals surface area contributed by atoms with Crippen LogP contribution in [0.4, 0.5) is 0 Å². The summed E-state index contributed by atoms with van der Waals surface area (Å²) >= 11 is 0. The van der Waals surface area contributed by atoms with Gasteiger partial charge in [0.2, 0.25) is 0 Å². The van der Waals surface area contributed by atoms with Gasteiger partial charge in [-0.25, -0.2) is 0 Å². The Morgan fingerprint density at radius 2 is 1.00 bits per heavy atom. The van der Waals surface area contributed by atoms with Crippen molar-refractivity contribution in [3.05, 3.63) is 0 Å². The Labute approximate surface area is 248 Å². The van der Waals surface area contributed by atoms with E-state index in [9.17, 15) is 13.5 Å². The SMILES string of the molecule is CCCCCCCCCCCCCCCCCCCCCC([O-])=NCCCCS(=O)(=O)O.[K+]. The number of hydrogen-bond acceptors (Lipinski definition) is 4. The standard InChI is InChI=1S/C26H53NO4S.K/c1-2-3-4-5-6-7-8-9-10-11-12-13-14-15-16-17-18-19-20-23-26(28)27-24-21-22-25-32(29,30)31;/h2-25H2,1H3,(H,27,28)(H,29,30,31);/q;+1/p-1. The summed E-state index contributed by atoms with van der Waals surface area (Å²) in [5.74, 6) is -0.334. The van der Waals surface area contributed by atoms with E-state index in [4.69, 9.17) is 4.55 Å². The first kappa shape index (κ1) is 36.2. The third-order valence-corrected chi connectivity index (χ3v) is 6.90. The fraction of sp³-hybridized carbons (Fsp3) is 0.962. The second-order valence-electron chi connectivity index (χ2n) is 9.38. The summed E-state index contributed by atoms with van der Waals surface area (Å²) in [6.45, 7) is 2.63. The van der Waals surface area contributed by atoms with E-state index < -0.39 is 10.1 Å². The van der Waals surface area contributed by atoms with Gasteiger partial charge in [0.1, 0.15) is 0 Å². The molecule has 0 aliphatic heterocycles. The zero-order valence-corrected chi connectivity index (χ0v) is 25.9. The molecule has 0 saturated heterocycles. The summed E-state index contributed by atoms with van der Waals surface area (Å²) in [6, 6.07) is 0. The molecule has 0 spiro atoms. The van der Waals surface area contributed by atoms with Gasteiger partial charge in [-0.15, -0.1) is 0 Å². The average molecular weight is 514 g/mol. The monoisotopic (exact) mass is 513 g/mol. The van der Waals surface area contributed by atoms with Crippen molar-refractivity contribution in [3.63, 3.8) is 0 Å². The summed E-state index contributed by atoms with van der Waals surface area (Å²) in [7, 11) is -3.89. The molecule has 0 aromatic heterocycles. The van der Waals surface area contributed by atoms with Crippen LogP contribution in [0.2, 0.25) is 0 Å². The van der Waals surface area contributed by atoms with E-state index in [0.29, 0.717) is 25.8 Å². The topological polar surface area (TPSA) is 89.8 Å². The smallest absolute Gasteiger partial charge is 0.862 e. The maximum atomic E-state index is 11.7. The molecule has 1 N–H and O–H groups in total. The first-order chi connectivity index (χ1) is 15.5. The van der Waals surface area contributed by atoms with E-state index in [1.807, 2.05) is 0 Å². The van der Waals surface area contributed by atoms with Gasteiger partial charge in [-0.3, -0.25) is 4.55 Å². The molecule has 0 bridgehead atoms. The molecule has 0 aromatic carbocycles. The molecule has 0 radical (unpaired) electrons. The Hall–Kier alpha value is 1.02. The van der Waals surface area contributed by atoms with E-state index >= 15 is 0 Å². The molecule has 5 nitrogen and oxygen atoms in total. The fourth-order valence-corrected chi connectivity index (χ4v) is 4.60. The van der Waals surface area contributed by atoms with Crippen LogP contribution in [0.1, 0.15) is 148 Å². The minimum atomic E-state index is -3.89. The third-order valence-electron chi connectivity index (χ3n) is 6.09. The molecule has 0 aromatic rings. The van der Waals surface area contributed by atoms with Crippen LogP contribution in [0, 0.1) is 0 Å². The van der Waals surface area contributed by atoms with Crippen molar-refractivity contribution in [1.82, 2.24) is 0 Å². The minimum absolute atomic E-state index is 0. The molecule has 0 aliphatic rings. The predicted molar refractivity (Wildman–Crippen MR) is 136 cm³/mol. The van der Waals surface area contributed by atoms with Crippen LogP contribution in [0.15, 0.2) is 4.99 Å². The van der Waals surface area contributed by atoms with Crippen molar-refractivity contribution in [1.29, 1.82) is 0 Å². The molecule has 192 valence electrons. The minimum Gasteiger partial charge on any atom is -0.862 e. The molecule has 0 heterocycles. The second-order valence-corrected chi connectivity index (χ2v) is 11.0. The van der Waals surface area contributed by atoms with Gasteiger partial charge < -0.3 is 10.1 Å². The molecular formula is C26H52KNO4S. The third kappa shape index (κ3) is 33.0. The summed E-state index contributed by atoms with van der Waals surface area (Å²) < 4.78 is 29.8. The maximum Gasteiger partial charge on any atom is 1.00 e. The summed E-state index contributed by atoms with van der Waals surface area (Å²) in [4.78, 5) is 3.95. The van der Waals surface area contributed by atoms with Crippen LogP contribution < -0.4 is 56.5 Å². The largest absolute Gasteiger partial charge is 1.00 e. The van der Waals surface area contributed by atoms with Crippen LogP contribution in [-0.2, 0) is 10.1 Å². The van der Waals surface area contributed by atoms with Gasteiger partial charge in [-0.1, -0.05) is 122 Å². The zero-order valence-electron chi connectivity index (χ0n) is 22.0. The number of rotatable bonds is 25. The first-order valence-electron chi connectivity index (χ1n) is 13.6.